The smallest absolute Gasteiger partial charge is 0.137 e. The van der Waals surface area contributed by atoms with Crippen LogP contribution in [0.4, 0.5) is 34.1 Å². The number of halogens is 1. The van der Waals surface area contributed by atoms with Gasteiger partial charge in [-0.25, -0.2) is 0 Å². The maximum Gasteiger partial charge on any atom is 0.137 e. The molecule has 5 heteroatoms. The van der Waals surface area contributed by atoms with Crippen molar-refractivity contribution in [2.24, 2.45) is 0 Å². The van der Waals surface area contributed by atoms with Crippen molar-refractivity contribution in [3.63, 3.8) is 0 Å². The van der Waals surface area contributed by atoms with E-state index in [2.05, 4.69) is 160 Å². The molecule has 0 unspecified atom stereocenters. The van der Waals surface area contributed by atoms with Crippen LogP contribution in [0.3, 0.4) is 0 Å². The fourth-order valence-corrected chi connectivity index (χ4v) is 7.15. The van der Waals surface area contributed by atoms with Crippen molar-refractivity contribution in [2.45, 2.75) is 0 Å². The first-order valence-electron chi connectivity index (χ1n) is 16.3. The largest absolute Gasteiger partial charge is 0.456 e. The van der Waals surface area contributed by atoms with Gasteiger partial charge in [0.05, 0.1) is 16.2 Å². The van der Waals surface area contributed by atoms with Gasteiger partial charge in [-0.2, -0.15) is 0 Å². The summed E-state index contributed by atoms with van der Waals surface area (Å²) >= 11 is 7.51. The second-order valence-electron chi connectivity index (χ2n) is 12.0. The van der Waals surface area contributed by atoms with Crippen LogP contribution in [0.15, 0.2) is 187 Å². The summed E-state index contributed by atoms with van der Waals surface area (Å²) in [6.45, 7) is 0. The molecule has 0 aliphatic rings. The van der Waals surface area contributed by atoms with Crippen LogP contribution in [-0.2, 0) is 0 Å². The molecule has 0 fully saturated rings. The summed E-state index contributed by atoms with van der Waals surface area (Å²) < 4.78 is 8.40. The lowest BCUT2D eigenvalue weighted by molar-refractivity contribution is 0.668. The van der Waals surface area contributed by atoms with Gasteiger partial charge in [0, 0.05) is 62.5 Å². The number of hydrogen-bond acceptors (Lipinski definition) is 3. The summed E-state index contributed by atoms with van der Waals surface area (Å²) in [6, 6.07) is 60.8. The van der Waals surface area contributed by atoms with E-state index in [9.17, 15) is 0 Å². The van der Waals surface area contributed by atoms with E-state index in [-0.39, 0.29) is 0 Å². The Balaban J connectivity index is 1.20. The number of benzene rings is 7. The molecule has 0 saturated heterocycles. The summed E-state index contributed by atoms with van der Waals surface area (Å²) in [4.78, 5) is 4.51. The molecule has 0 saturated carbocycles. The van der Waals surface area contributed by atoms with Gasteiger partial charge in [-0.15, -0.1) is 0 Å². The molecule has 0 atom stereocenters. The summed E-state index contributed by atoms with van der Waals surface area (Å²) in [5, 5.41) is 3.92. The average Bonchev–Trinajstić information content (AvgIpc) is 3.76. The van der Waals surface area contributed by atoms with E-state index in [1.807, 2.05) is 36.4 Å². The maximum absolute atomic E-state index is 7.51. The van der Waals surface area contributed by atoms with Crippen molar-refractivity contribution in [3.8, 4) is 5.69 Å². The van der Waals surface area contributed by atoms with Crippen LogP contribution in [0.1, 0.15) is 0 Å². The molecule has 49 heavy (non-hydrogen) atoms. The summed E-state index contributed by atoms with van der Waals surface area (Å²) in [5.41, 5.74) is 9.72. The first kappa shape index (κ1) is 29.0. The van der Waals surface area contributed by atoms with Crippen LogP contribution in [0.2, 0.25) is 5.02 Å². The van der Waals surface area contributed by atoms with Gasteiger partial charge in [0.25, 0.3) is 0 Å². The van der Waals surface area contributed by atoms with E-state index in [1.165, 1.54) is 0 Å². The highest BCUT2D eigenvalue weighted by Gasteiger charge is 2.21. The number of hydrogen-bond donors (Lipinski definition) is 0. The van der Waals surface area contributed by atoms with Crippen LogP contribution < -0.4 is 9.80 Å². The Morgan fingerprint density at radius 3 is 1.71 bits per heavy atom. The first-order valence-corrected chi connectivity index (χ1v) is 16.7. The molecule has 0 aliphatic carbocycles. The van der Waals surface area contributed by atoms with Gasteiger partial charge in [0.1, 0.15) is 11.2 Å². The van der Waals surface area contributed by atoms with Crippen molar-refractivity contribution in [1.29, 1.82) is 0 Å². The third kappa shape index (κ3) is 5.10. The number of furan rings is 1. The number of aromatic nitrogens is 1. The molecule has 0 bridgehead atoms. The summed E-state index contributed by atoms with van der Waals surface area (Å²) in [6.07, 6.45) is 2.08. The minimum atomic E-state index is 0.657. The second-order valence-corrected chi connectivity index (χ2v) is 12.4. The van der Waals surface area contributed by atoms with Gasteiger partial charge in [-0.1, -0.05) is 96.5 Å². The van der Waals surface area contributed by atoms with Gasteiger partial charge in [-0.05, 0) is 84.9 Å². The molecule has 0 aliphatic heterocycles. The number of fused-ring (bicyclic) bond motifs is 4. The quantitative estimate of drug-likeness (QED) is 0.171. The molecule has 0 radical (unpaired) electrons. The zero-order chi connectivity index (χ0) is 32.7. The second kappa shape index (κ2) is 12.1. The van der Waals surface area contributed by atoms with E-state index in [0.29, 0.717) is 5.02 Å². The third-order valence-corrected chi connectivity index (χ3v) is 9.41. The highest BCUT2D eigenvalue weighted by molar-refractivity contribution is 6.38. The number of para-hydroxylation sites is 4. The minimum Gasteiger partial charge on any atom is -0.456 e. The van der Waals surface area contributed by atoms with Gasteiger partial charge in [0.2, 0.25) is 0 Å². The summed E-state index contributed by atoms with van der Waals surface area (Å²) in [7, 11) is 0. The van der Waals surface area contributed by atoms with Gasteiger partial charge >= 0.3 is 0 Å². The average molecular weight is 652 g/mol. The van der Waals surface area contributed by atoms with Gasteiger partial charge in [0.15, 0.2) is 0 Å². The Morgan fingerprint density at radius 1 is 0.449 bits per heavy atom. The molecule has 0 amide bonds. The highest BCUT2D eigenvalue weighted by Crippen LogP contribution is 2.45. The standard InChI is InChI=1S/C44H30ClN3O/c45-43-40(26-23-31-27-28-46(44(31)43)35-24-25-39-38-21-10-11-22-41(38)49-42(39)30-35)48(34-17-8-3-9-18-34)37-20-12-19-36(29-37)47(32-13-4-1-5-14-32)33-15-6-2-7-16-33/h1-30H. The SMILES string of the molecule is Clc1c(N(c2ccccc2)c2cccc(N(c3ccccc3)c3ccccc3)c2)ccc2ccn(-c3ccc4c(c3)oc3ccccc34)c12. The number of nitrogens with zero attached hydrogens (tertiary/aromatic N) is 3. The summed E-state index contributed by atoms with van der Waals surface area (Å²) in [5.74, 6) is 0. The topological polar surface area (TPSA) is 24.6 Å². The molecule has 0 spiro atoms. The zero-order valence-electron chi connectivity index (χ0n) is 26.4. The van der Waals surface area contributed by atoms with Crippen LogP contribution in [-0.4, -0.2) is 4.57 Å². The maximum atomic E-state index is 7.51. The van der Waals surface area contributed by atoms with Crippen molar-refractivity contribution in [1.82, 2.24) is 4.57 Å². The number of anilines is 6. The molecular weight excluding hydrogens is 622 g/mol. The van der Waals surface area contributed by atoms with Gasteiger partial charge < -0.3 is 18.8 Å². The first-order chi connectivity index (χ1) is 24.2. The Hall–Kier alpha value is -6.23. The Kier molecular flexibility index (Phi) is 7.15. The van der Waals surface area contributed by atoms with E-state index in [0.717, 1.165) is 72.7 Å². The molecule has 0 N–H and O–H groups in total. The van der Waals surface area contributed by atoms with Gasteiger partial charge in [-0.3, -0.25) is 0 Å². The fraction of sp³-hybridized carbons (Fsp3) is 0. The molecular formula is C44H30ClN3O. The lowest BCUT2D eigenvalue weighted by Crippen LogP contribution is -2.13. The van der Waals surface area contributed by atoms with Crippen molar-refractivity contribution in [2.75, 3.05) is 9.80 Å². The van der Waals surface area contributed by atoms with E-state index >= 15 is 0 Å². The monoisotopic (exact) mass is 651 g/mol. The Bertz CT molecular complexity index is 2540. The van der Waals surface area contributed by atoms with E-state index < -0.39 is 0 Å². The predicted molar refractivity (Wildman–Crippen MR) is 205 cm³/mol. The molecule has 7 aromatic carbocycles. The Labute approximate surface area is 289 Å². The van der Waals surface area contributed by atoms with E-state index in [4.69, 9.17) is 16.0 Å². The molecule has 234 valence electrons. The highest BCUT2D eigenvalue weighted by atomic mass is 35.5. The molecule has 2 aromatic heterocycles. The predicted octanol–water partition coefficient (Wildman–Crippen LogP) is 13.1. The van der Waals surface area contributed by atoms with E-state index in [1.54, 1.807) is 0 Å². The van der Waals surface area contributed by atoms with Crippen molar-refractivity contribution < 1.29 is 4.42 Å². The fourth-order valence-electron chi connectivity index (χ4n) is 6.81. The van der Waals surface area contributed by atoms with Crippen molar-refractivity contribution >= 4 is 78.6 Å². The molecule has 9 rings (SSSR count). The van der Waals surface area contributed by atoms with Crippen LogP contribution in [0, 0.1) is 0 Å². The Morgan fingerprint density at radius 2 is 1.02 bits per heavy atom. The third-order valence-electron chi connectivity index (χ3n) is 9.04. The van der Waals surface area contributed by atoms with Crippen LogP contribution >= 0.6 is 11.6 Å². The number of rotatable bonds is 7. The minimum absolute atomic E-state index is 0.657. The molecule has 4 nitrogen and oxygen atoms in total. The lowest BCUT2D eigenvalue weighted by Gasteiger charge is -2.30. The van der Waals surface area contributed by atoms with Crippen LogP contribution in [0.5, 0.6) is 0 Å². The molecule has 2 heterocycles. The molecule has 9 aromatic rings. The lowest BCUT2D eigenvalue weighted by atomic mass is 10.1. The van der Waals surface area contributed by atoms with Crippen LogP contribution in [0.25, 0.3) is 38.5 Å². The normalized spacial score (nSPS) is 11.4. The zero-order valence-corrected chi connectivity index (χ0v) is 27.2. The van der Waals surface area contributed by atoms with Crippen molar-refractivity contribution in [3.05, 3.63) is 187 Å².